The summed E-state index contributed by atoms with van der Waals surface area (Å²) in [6.07, 6.45) is 2.15. The predicted molar refractivity (Wildman–Crippen MR) is 93.9 cm³/mol. The number of rotatable bonds is 4. The van der Waals surface area contributed by atoms with Gasteiger partial charge in [0.25, 0.3) is 0 Å². The van der Waals surface area contributed by atoms with E-state index in [0.717, 1.165) is 13.0 Å². The maximum atomic E-state index is 11.6. The topological polar surface area (TPSA) is 58.2 Å². The van der Waals surface area contributed by atoms with Gasteiger partial charge in [0, 0.05) is 18.5 Å². The summed E-state index contributed by atoms with van der Waals surface area (Å²) in [5, 5.41) is 3.27. The zero-order chi connectivity index (χ0) is 16.3. The van der Waals surface area contributed by atoms with Crippen molar-refractivity contribution in [1.29, 1.82) is 0 Å². The van der Waals surface area contributed by atoms with Crippen molar-refractivity contribution in [3.8, 4) is 11.1 Å². The molecule has 3 rings (SSSR count). The summed E-state index contributed by atoms with van der Waals surface area (Å²) in [6.45, 7) is 1.57. The lowest BCUT2D eigenvalue weighted by Gasteiger charge is -2.32. The first kappa shape index (κ1) is 16.2. The van der Waals surface area contributed by atoms with Crippen molar-refractivity contribution in [3.05, 3.63) is 60.2 Å². The van der Waals surface area contributed by atoms with Gasteiger partial charge in [-0.15, -0.1) is 0 Å². The van der Waals surface area contributed by atoms with E-state index in [0.29, 0.717) is 6.54 Å². The quantitative estimate of drug-likeness (QED) is 0.905. The Morgan fingerprint density at radius 3 is 2.30 bits per heavy atom. The molecule has 2 N–H and O–H groups in total. The van der Waals surface area contributed by atoms with Gasteiger partial charge in [-0.3, -0.25) is 0 Å². The highest BCUT2D eigenvalue weighted by Gasteiger charge is 2.28. The van der Waals surface area contributed by atoms with Gasteiger partial charge in [-0.25, -0.2) is 13.1 Å². The molecule has 0 aromatic heterocycles. The number of benzene rings is 2. The summed E-state index contributed by atoms with van der Waals surface area (Å²) >= 11 is 0. The third-order valence-electron chi connectivity index (χ3n) is 4.29. The molecule has 0 bridgehead atoms. The third-order valence-corrected chi connectivity index (χ3v) is 5.02. The fraction of sp³-hybridized carbons (Fsp3) is 0.333. The van der Waals surface area contributed by atoms with Crippen LogP contribution in [0, 0.1) is 0 Å². The van der Waals surface area contributed by atoms with Gasteiger partial charge in [0.1, 0.15) is 0 Å². The van der Waals surface area contributed by atoms with Gasteiger partial charge >= 0.3 is 0 Å². The van der Waals surface area contributed by atoms with Crippen molar-refractivity contribution in [2.45, 2.75) is 18.4 Å². The van der Waals surface area contributed by atoms with Crippen LogP contribution in [-0.4, -0.2) is 33.8 Å². The van der Waals surface area contributed by atoms with Crippen molar-refractivity contribution in [2.24, 2.45) is 0 Å². The first-order valence-electron chi connectivity index (χ1n) is 7.86. The molecule has 5 heteroatoms. The van der Waals surface area contributed by atoms with Crippen LogP contribution in [0.3, 0.4) is 0 Å². The van der Waals surface area contributed by atoms with Crippen LogP contribution in [0.1, 0.15) is 17.9 Å². The predicted octanol–water partition coefficient (Wildman–Crippen LogP) is 2.35. The second-order valence-electron chi connectivity index (χ2n) is 6.08. The molecule has 2 atom stereocenters. The van der Waals surface area contributed by atoms with Crippen molar-refractivity contribution < 1.29 is 8.42 Å². The summed E-state index contributed by atoms with van der Waals surface area (Å²) in [5.74, 6) is 0.204. The molecule has 4 nitrogen and oxygen atoms in total. The van der Waals surface area contributed by atoms with Crippen LogP contribution in [0.15, 0.2) is 54.6 Å². The minimum atomic E-state index is -3.21. The molecule has 0 radical (unpaired) electrons. The van der Waals surface area contributed by atoms with E-state index in [9.17, 15) is 8.42 Å². The summed E-state index contributed by atoms with van der Waals surface area (Å²) in [5.41, 5.74) is 3.55. The first-order valence-corrected chi connectivity index (χ1v) is 9.75. The molecule has 0 aliphatic carbocycles. The van der Waals surface area contributed by atoms with Gasteiger partial charge < -0.3 is 5.32 Å². The monoisotopic (exact) mass is 330 g/mol. The van der Waals surface area contributed by atoms with Crippen LogP contribution in [-0.2, 0) is 10.0 Å². The minimum absolute atomic E-state index is 0.0960. The molecule has 0 saturated carbocycles. The van der Waals surface area contributed by atoms with E-state index < -0.39 is 10.0 Å². The number of sulfonamides is 1. The Hall–Kier alpha value is -1.69. The Bertz CT molecular complexity index is 742. The zero-order valence-electron chi connectivity index (χ0n) is 13.2. The third kappa shape index (κ3) is 4.19. The molecule has 1 aliphatic heterocycles. The number of hydrogen-bond donors (Lipinski definition) is 2. The van der Waals surface area contributed by atoms with E-state index in [2.05, 4.69) is 46.4 Å². The molecular weight excluding hydrogens is 308 g/mol. The Morgan fingerprint density at radius 2 is 1.65 bits per heavy atom. The second kappa shape index (κ2) is 6.83. The molecule has 2 aromatic carbocycles. The van der Waals surface area contributed by atoms with Crippen LogP contribution in [0.2, 0.25) is 0 Å². The molecule has 23 heavy (non-hydrogen) atoms. The van der Waals surface area contributed by atoms with E-state index in [1.165, 1.54) is 22.9 Å². The van der Waals surface area contributed by atoms with Crippen LogP contribution in [0.4, 0.5) is 0 Å². The first-order chi connectivity index (χ1) is 11.0. The Labute approximate surface area is 138 Å². The summed E-state index contributed by atoms with van der Waals surface area (Å²) in [4.78, 5) is 0. The fourth-order valence-electron chi connectivity index (χ4n) is 3.21. The number of hydrogen-bond acceptors (Lipinski definition) is 3. The molecule has 122 valence electrons. The van der Waals surface area contributed by atoms with Crippen molar-refractivity contribution in [3.63, 3.8) is 0 Å². The molecule has 0 spiro atoms. The highest BCUT2D eigenvalue weighted by atomic mass is 32.2. The smallest absolute Gasteiger partial charge is 0.209 e. The highest BCUT2D eigenvalue weighted by molar-refractivity contribution is 7.88. The second-order valence-corrected chi connectivity index (χ2v) is 7.86. The van der Waals surface area contributed by atoms with Gasteiger partial charge in [0.05, 0.1) is 6.26 Å². The lowest BCUT2D eigenvalue weighted by Crippen LogP contribution is -2.49. The average Bonchev–Trinajstić information content (AvgIpc) is 2.55. The van der Waals surface area contributed by atoms with Crippen LogP contribution in [0.25, 0.3) is 11.1 Å². The summed E-state index contributed by atoms with van der Waals surface area (Å²) in [6, 6.07) is 18.6. The molecule has 2 unspecified atom stereocenters. The van der Waals surface area contributed by atoms with Gasteiger partial charge in [-0.2, -0.15) is 0 Å². The summed E-state index contributed by atoms with van der Waals surface area (Å²) < 4.78 is 25.9. The molecule has 0 amide bonds. The normalized spacial score (nSPS) is 22.0. The standard InChI is InChI=1S/C18H22N2O2S/c1-23(21,22)20-18-13-19-12-11-17(18)16-9-7-15(8-10-16)14-5-3-2-4-6-14/h2-10,17-20H,11-13H2,1H3. The average molecular weight is 330 g/mol. The van der Waals surface area contributed by atoms with Crippen LogP contribution >= 0.6 is 0 Å². The number of nitrogens with one attached hydrogen (secondary N) is 2. The number of piperidine rings is 1. The minimum Gasteiger partial charge on any atom is -0.315 e. The zero-order valence-corrected chi connectivity index (χ0v) is 14.0. The van der Waals surface area contributed by atoms with Crippen molar-refractivity contribution in [1.82, 2.24) is 10.0 Å². The molecule has 2 aromatic rings. The molecule has 1 heterocycles. The molecule has 1 saturated heterocycles. The van der Waals surface area contributed by atoms with E-state index in [4.69, 9.17) is 0 Å². The van der Waals surface area contributed by atoms with Gasteiger partial charge in [-0.05, 0) is 29.7 Å². The van der Waals surface area contributed by atoms with Crippen molar-refractivity contribution in [2.75, 3.05) is 19.3 Å². The van der Waals surface area contributed by atoms with E-state index in [1.807, 2.05) is 18.2 Å². The SMILES string of the molecule is CS(=O)(=O)NC1CNCCC1c1ccc(-c2ccccc2)cc1. The van der Waals surface area contributed by atoms with E-state index in [-0.39, 0.29) is 12.0 Å². The molecule has 1 fully saturated rings. The van der Waals surface area contributed by atoms with Crippen molar-refractivity contribution >= 4 is 10.0 Å². The van der Waals surface area contributed by atoms with E-state index in [1.54, 1.807) is 0 Å². The summed E-state index contributed by atoms with van der Waals surface area (Å²) in [7, 11) is -3.21. The maximum Gasteiger partial charge on any atom is 0.209 e. The highest BCUT2D eigenvalue weighted by Crippen LogP contribution is 2.28. The Balaban J connectivity index is 1.82. The Kier molecular flexibility index (Phi) is 4.80. The van der Waals surface area contributed by atoms with Crippen LogP contribution in [0.5, 0.6) is 0 Å². The lowest BCUT2D eigenvalue weighted by molar-refractivity contribution is 0.379. The lowest BCUT2D eigenvalue weighted by atomic mass is 9.86. The van der Waals surface area contributed by atoms with Gasteiger partial charge in [0.15, 0.2) is 0 Å². The Morgan fingerprint density at radius 1 is 1.00 bits per heavy atom. The fourth-order valence-corrected chi connectivity index (χ4v) is 4.01. The largest absolute Gasteiger partial charge is 0.315 e. The van der Waals surface area contributed by atoms with Gasteiger partial charge in [-0.1, -0.05) is 54.6 Å². The van der Waals surface area contributed by atoms with Crippen LogP contribution < -0.4 is 10.0 Å². The molecule has 1 aliphatic rings. The van der Waals surface area contributed by atoms with E-state index >= 15 is 0 Å². The van der Waals surface area contributed by atoms with Gasteiger partial charge in [0.2, 0.25) is 10.0 Å². The molecular formula is C18H22N2O2S. The maximum absolute atomic E-state index is 11.6.